The first-order valence-corrected chi connectivity index (χ1v) is 7.05. The van der Waals surface area contributed by atoms with Crippen LogP contribution in [0.25, 0.3) is 0 Å². The standard InChI is InChI=1S/C10H11F2N3OS2/c1-2-5-17-9-15-14-8(18-9)13-7(16)10(3-4-10)6(11)12/h2,6H,1,3-5H2,(H,13,14,16). The number of rotatable bonds is 6. The van der Waals surface area contributed by atoms with E-state index in [-0.39, 0.29) is 18.0 Å². The summed E-state index contributed by atoms with van der Waals surface area (Å²) in [5.41, 5.74) is -1.50. The maximum Gasteiger partial charge on any atom is 0.252 e. The molecule has 1 heterocycles. The Morgan fingerprint density at radius 2 is 2.33 bits per heavy atom. The molecular formula is C10H11F2N3OS2. The average molecular weight is 291 g/mol. The molecule has 1 aromatic heterocycles. The molecular weight excluding hydrogens is 280 g/mol. The number of halogens is 2. The van der Waals surface area contributed by atoms with Gasteiger partial charge in [0.1, 0.15) is 5.41 Å². The van der Waals surface area contributed by atoms with E-state index in [1.54, 1.807) is 6.08 Å². The Balaban J connectivity index is 1.95. The Bertz CT molecular complexity index is 460. The van der Waals surface area contributed by atoms with Crippen LogP contribution in [0.2, 0.25) is 0 Å². The van der Waals surface area contributed by atoms with Crippen LogP contribution >= 0.6 is 23.1 Å². The Labute approximate surface area is 111 Å². The molecule has 1 saturated carbocycles. The van der Waals surface area contributed by atoms with Crippen LogP contribution in [-0.4, -0.2) is 28.3 Å². The molecule has 1 aromatic rings. The van der Waals surface area contributed by atoms with Gasteiger partial charge in [-0.2, -0.15) is 0 Å². The molecule has 1 aliphatic rings. The van der Waals surface area contributed by atoms with Crippen LogP contribution in [0.4, 0.5) is 13.9 Å². The number of anilines is 1. The number of aromatic nitrogens is 2. The third kappa shape index (κ3) is 2.69. The normalized spacial score (nSPS) is 16.6. The number of hydrogen-bond acceptors (Lipinski definition) is 5. The van der Waals surface area contributed by atoms with E-state index in [0.29, 0.717) is 10.1 Å². The van der Waals surface area contributed by atoms with Crippen molar-refractivity contribution >= 4 is 34.1 Å². The molecule has 0 saturated heterocycles. The van der Waals surface area contributed by atoms with E-state index < -0.39 is 17.7 Å². The van der Waals surface area contributed by atoms with E-state index in [4.69, 9.17) is 0 Å². The summed E-state index contributed by atoms with van der Waals surface area (Å²) in [6.45, 7) is 3.57. The zero-order valence-electron chi connectivity index (χ0n) is 9.36. The SMILES string of the molecule is C=CCSc1nnc(NC(=O)C2(C(F)F)CC2)s1. The number of hydrogen-bond donors (Lipinski definition) is 1. The first kappa shape index (κ1) is 13.4. The van der Waals surface area contributed by atoms with Gasteiger partial charge in [-0.1, -0.05) is 29.2 Å². The van der Waals surface area contributed by atoms with Crippen LogP contribution in [-0.2, 0) is 4.79 Å². The van der Waals surface area contributed by atoms with Crippen LogP contribution in [0.5, 0.6) is 0 Å². The van der Waals surface area contributed by atoms with Gasteiger partial charge in [-0.25, -0.2) is 8.78 Å². The second-order valence-electron chi connectivity index (χ2n) is 3.88. The highest BCUT2D eigenvalue weighted by Crippen LogP contribution is 2.51. The molecule has 0 atom stereocenters. The summed E-state index contributed by atoms with van der Waals surface area (Å²) < 4.78 is 26.1. The average Bonchev–Trinajstić information content (AvgIpc) is 3.04. The molecule has 0 bridgehead atoms. The first-order valence-electron chi connectivity index (χ1n) is 5.25. The van der Waals surface area contributed by atoms with Crippen LogP contribution in [0, 0.1) is 5.41 Å². The number of carbonyl (C=O) groups is 1. The molecule has 1 amide bonds. The van der Waals surface area contributed by atoms with E-state index in [9.17, 15) is 13.6 Å². The van der Waals surface area contributed by atoms with Gasteiger partial charge in [-0.15, -0.1) is 16.8 Å². The Morgan fingerprint density at radius 3 is 2.89 bits per heavy atom. The van der Waals surface area contributed by atoms with Crippen molar-refractivity contribution in [3.05, 3.63) is 12.7 Å². The molecule has 18 heavy (non-hydrogen) atoms. The molecule has 2 rings (SSSR count). The zero-order valence-corrected chi connectivity index (χ0v) is 11.0. The van der Waals surface area contributed by atoms with E-state index in [2.05, 4.69) is 22.1 Å². The van der Waals surface area contributed by atoms with Gasteiger partial charge < -0.3 is 0 Å². The van der Waals surface area contributed by atoms with Gasteiger partial charge in [-0.3, -0.25) is 10.1 Å². The second kappa shape index (κ2) is 5.31. The molecule has 0 radical (unpaired) electrons. The lowest BCUT2D eigenvalue weighted by atomic mass is 10.1. The number of amides is 1. The van der Waals surface area contributed by atoms with Crippen molar-refractivity contribution in [2.45, 2.75) is 23.6 Å². The van der Waals surface area contributed by atoms with Crippen LogP contribution in [0.1, 0.15) is 12.8 Å². The predicted octanol–water partition coefficient (Wildman–Crippen LogP) is 2.80. The summed E-state index contributed by atoms with van der Waals surface area (Å²) in [6.07, 6.45) is -0.443. The van der Waals surface area contributed by atoms with Crippen LogP contribution < -0.4 is 5.32 Å². The minimum Gasteiger partial charge on any atom is -0.300 e. The lowest BCUT2D eigenvalue weighted by molar-refractivity contribution is -0.126. The number of alkyl halides is 2. The van der Waals surface area contributed by atoms with Gasteiger partial charge in [-0.05, 0) is 12.8 Å². The summed E-state index contributed by atoms with van der Waals surface area (Å²) in [7, 11) is 0. The quantitative estimate of drug-likeness (QED) is 0.497. The van der Waals surface area contributed by atoms with Gasteiger partial charge in [0.05, 0.1) is 0 Å². The van der Waals surface area contributed by atoms with Crippen molar-refractivity contribution in [3.63, 3.8) is 0 Å². The van der Waals surface area contributed by atoms with E-state index in [0.717, 1.165) is 0 Å². The highest BCUT2D eigenvalue weighted by atomic mass is 32.2. The number of thioether (sulfide) groups is 1. The highest BCUT2D eigenvalue weighted by molar-refractivity contribution is 8.01. The molecule has 4 nitrogen and oxygen atoms in total. The summed E-state index contributed by atoms with van der Waals surface area (Å²) >= 11 is 2.60. The molecule has 0 spiro atoms. The lowest BCUT2D eigenvalue weighted by Gasteiger charge is -2.11. The van der Waals surface area contributed by atoms with E-state index in [1.165, 1.54) is 23.1 Å². The second-order valence-corrected chi connectivity index (χ2v) is 6.13. The minimum absolute atomic E-state index is 0.230. The zero-order chi connectivity index (χ0) is 13.2. The number of carbonyl (C=O) groups excluding carboxylic acids is 1. The molecule has 98 valence electrons. The van der Waals surface area contributed by atoms with Crippen molar-refractivity contribution in [3.8, 4) is 0 Å². The Morgan fingerprint density at radius 1 is 1.61 bits per heavy atom. The molecule has 1 fully saturated rings. The van der Waals surface area contributed by atoms with Crippen molar-refractivity contribution in [1.29, 1.82) is 0 Å². The first-order chi connectivity index (χ1) is 8.58. The van der Waals surface area contributed by atoms with E-state index in [1.807, 2.05) is 0 Å². The fraction of sp³-hybridized carbons (Fsp3) is 0.500. The minimum atomic E-state index is -2.62. The molecule has 0 unspecified atom stereocenters. The van der Waals surface area contributed by atoms with Gasteiger partial charge in [0.15, 0.2) is 4.34 Å². The number of nitrogens with zero attached hydrogens (tertiary/aromatic N) is 2. The molecule has 1 aliphatic carbocycles. The van der Waals surface area contributed by atoms with Gasteiger partial charge in [0, 0.05) is 5.75 Å². The number of nitrogens with one attached hydrogen (secondary N) is 1. The molecule has 1 N–H and O–H groups in total. The maximum atomic E-state index is 12.7. The van der Waals surface area contributed by atoms with Crippen molar-refractivity contribution < 1.29 is 13.6 Å². The lowest BCUT2D eigenvalue weighted by Crippen LogP contribution is -2.30. The smallest absolute Gasteiger partial charge is 0.252 e. The van der Waals surface area contributed by atoms with Crippen LogP contribution in [0.15, 0.2) is 17.0 Å². The third-order valence-corrected chi connectivity index (χ3v) is 4.58. The monoisotopic (exact) mass is 291 g/mol. The third-order valence-electron chi connectivity index (χ3n) is 2.61. The summed E-state index contributed by atoms with van der Waals surface area (Å²) in [5, 5.41) is 10.3. The van der Waals surface area contributed by atoms with Crippen molar-refractivity contribution in [2.75, 3.05) is 11.1 Å². The summed E-state index contributed by atoms with van der Waals surface area (Å²) in [4.78, 5) is 11.7. The molecule has 0 aliphatic heterocycles. The summed E-state index contributed by atoms with van der Waals surface area (Å²) in [5.74, 6) is 0.0257. The fourth-order valence-electron chi connectivity index (χ4n) is 1.35. The Kier molecular flexibility index (Phi) is 3.96. The summed E-state index contributed by atoms with van der Waals surface area (Å²) in [6, 6.07) is 0. The van der Waals surface area contributed by atoms with Crippen molar-refractivity contribution in [1.82, 2.24) is 10.2 Å². The van der Waals surface area contributed by atoms with Gasteiger partial charge in [0.25, 0.3) is 6.43 Å². The molecule has 0 aromatic carbocycles. The topological polar surface area (TPSA) is 54.9 Å². The Hall–Kier alpha value is -1.02. The fourth-order valence-corrected chi connectivity index (χ4v) is 2.86. The predicted molar refractivity (Wildman–Crippen MR) is 67.1 cm³/mol. The molecule has 8 heteroatoms. The largest absolute Gasteiger partial charge is 0.300 e. The van der Waals surface area contributed by atoms with Gasteiger partial charge in [0.2, 0.25) is 11.0 Å². The van der Waals surface area contributed by atoms with Crippen molar-refractivity contribution in [2.24, 2.45) is 5.41 Å². The highest BCUT2D eigenvalue weighted by Gasteiger charge is 2.57. The van der Waals surface area contributed by atoms with Crippen LogP contribution in [0.3, 0.4) is 0 Å². The van der Waals surface area contributed by atoms with Gasteiger partial charge >= 0.3 is 0 Å². The van der Waals surface area contributed by atoms with E-state index >= 15 is 0 Å². The maximum absolute atomic E-state index is 12.7.